The minimum Gasteiger partial charge on any atom is -0.330 e. The largest absolute Gasteiger partial charge is 0.330 e. The molecule has 1 aromatic heterocycles. The number of aliphatic imine (C=N–C) groups is 1. The zero-order chi connectivity index (χ0) is 15.1. The van der Waals surface area contributed by atoms with E-state index in [2.05, 4.69) is 52.8 Å². The van der Waals surface area contributed by atoms with Gasteiger partial charge in [-0.15, -0.1) is 0 Å². The molecule has 1 aromatic rings. The lowest BCUT2D eigenvalue weighted by molar-refractivity contribution is 0.405. The molecular formula is C15H24N6. The first-order valence-electron chi connectivity index (χ1n) is 7.58. The van der Waals surface area contributed by atoms with E-state index in [9.17, 15) is 0 Å². The van der Waals surface area contributed by atoms with Crippen molar-refractivity contribution in [1.29, 1.82) is 0 Å². The summed E-state index contributed by atoms with van der Waals surface area (Å²) in [7, 11) is 0. The predicted molar refractivity (Wildman–Crippen MR) is 85.9 cm³/mol. The van der Waals surface area contributed by atoms with Crippen LogP contribution in [0.25, 0.3) is 0 Å². The third-order valence-corrected chi connectivity index (χ3v) is 3.35. The van der Waals surface area contributed by atoms with E-state index in [4.69, 9.17) is 4.99 Å². The fraction of sp³-hybridized carbons (Fsp3) is 0.533. The highest BCUT2D eigenvalue weighted by Crippen LogP contribution is 2.22. The minimum absolute atomic E-state index is 0.352. The van der Waals surface area contributed by atoms with Gasteiger partial charge < -0.3 is 10.6 Å². The van der Waals surface area contributed by atoms with Crippen molar-refractivity contribution in [1.82, 2.24) is 20.6 Å². The van der Waals surface area contributed by atoms with Gasteiger partial charge in [0.2, 0.25) is 5.96 Å². The highest BCUT2D eigenvalue weighted by atomic mass is 15.3. The van der Waals surface area contributed by atoms with Crippen LogP contribution in [0, 0.1) is 0 Å². The standard InChI is InChI=1S/C15H24N6/c1-4-7-12-10-15(5-2,18-6-3)21-14(19-12)20-13-11-16-8-9-17-13/h8-11,18H,4-7H2,1-3H3,(H2,17,19,20,21). The summed E-state index contributed by atoms with van der Waals surface area (Å²) in [6.45, 7) is 7.27. The molecule has 3 N–H and O–H groups in total. The van der Waals surface area contributed by atoms with Crippen LogP contribution in [0.15, 0.2) is 35.4 Å². The lowest BCUT2D eigenvalue weighted by Crippen LogP contribution is -2.48. The van der Waals surface area contributed by atoms with Crippen molar-refractivity contribution in [3.8, 4) is 0 Å². The number of nitrogens with one attached hydrogen (secondary N) is 3. The van der Waals surface area contributed by atoms with Gasteiger partial charge in [-0.25, -0.2) is 9.98 Å². The van der Waals surface area contributed by atoms with Crippen molar-refractivity contribution in [3.63, 3.8) is 0 Å². The van der Waals surface area contributed by atoms with Crippen LogP contribution in [0.2, 0.25) is 0 Å². The number of aromatic nitrogens is 2. The Morgan fingerprint density at radius 2 is 2.10 bits per heavy atom. The fourth-order valence-electron chi connectivity index (χ4n) is 2.39. The van der Waals surface area contributed by atoms with Crippen LogP contribution in [-0.4, -0.2) is 28.1 Å². The average Bonchev–Trinajstić information content (AvgIpc) is 2.49. The number of allylic oxidation sites excluding steroid dienone is 1. The zero-order valence-electron chi connectivity index (χ0n) is 13.0. The van der Waals surface area contributed by atoms with Crippen LogP contribution >= 0.6 is 0 Å². The van der Waals surface area contributed by atoms with Crippen LogP contribution in [0.1, 0.15) is 40.0 Å². The average molecular weight is 288 g/mol. The van der Waals surface area contributed by atoms with Gasteiger partial charge in [-0.3, -0.25) is 10.3 Å². The topological polar surface area (TPSA) is 74.2 Å². The van der Waals surface area contributed by atoms with Gasteiger partial charge in [-0.05, 0) is 25.5 Å². The molecule has 6 nitrogen and oxygen atoms in total. The van der Waals surface area contributed by atoms with E-state index < -0.39 is 0 Å². The molecule has 114 valence electrons. The molecule has 1 aliphatic rings. The van der Waals surface area contributed by atoms with Crippen molar-refractivity contribution < 1.29 is 0 Å². The maximum atomic E-state index is 4.79. The van der Waals surface area contributed by atoms with Gasteiger partial charge in [0.05, 0.1) is 6.20 Å². The number of nitrogens with zero attached hydrogens (tertiary/aromatic N) is 3. The second-order valence-corrected chi connectivity index (χ2v) is 5.03. The van der Waals surface area contributed by atoms with Crippen molar-refractivity contribution in [2.24, 2.45) is 4.99 Å². The zero-order valence-corrected chi connectivity index (χ0v) is 13.0. The summed E-state index contributed by atoms with van der Waals surface area (Å²) >= 11 is 0. The van der Waals surface area contributed by atoms with E-state index in [1.807, 2.05) is 0 Å². The minimum atomic E-state index is -0.352. The molecule has 1 unspecified atom stereocenters. The molecule has 1 atom stereocenters. The Hall–Kier alpha value is -1.95. The maximum Gasteiger partial charge on any atom is 0.203 e. The van der Waals surface area contributed by atoms with Gasteiger partial charge in [0.1, 0.15) is 5.66 Å². The van der Waals surface area contributed by atoms with E-state index in [-0.39, 0.29) is 5.66 Å². The van der Waals surface area contributed by atoms with Crippen LogP contribution in [0.5, 0.6) is 0 Å². The molecule has 6 heteroatoms. The molecule has 2 rings (SSSR count). The SMILES string of the molecule is CCCC1=CC(CC)(NCC)N=C(Nc2cnccn2)N1. The van der Waals surface area contributed by atoms with Gasteiger partial charge in [0.15, 0.2) is 5.82 Å². The number of hydrogen-bond acceptors (Lipinski definition) is 6. The van der Waals surface area contributed by atoms with Gasteiger partial charge in [-0.1, -0.05) is 27.2 Å². The number of rotatable bonds is 6. The van der Waals surface area contributed by atoms with E-state index in [0.29, 0.717) is 11.8 Å². The molecule has 0 amide bonds. The molecule has 1 aliphatic heterocycles. The highest BCUT2D eigenvalue weighted by Gasteiger charge is 2.28. The second kappa shape index (κ2) is 7.17. The Balaban J connectivity index is 2.23. The monoisotopic (exact) mass is 288 g/mol. The molecule has 2 heterocycles. The molecule has 0 aliphatic carbocycles. The summed E-state index contributed by atoms with van der Waals surface area (Å²) in [5.74, 6) is 1.40. The predicted octanol–water partition coefficient (Wildman–Crippen LogP) is 2.25. The van der Waals surface area contributed by atoms with E-state index >= 15 is 0 Å². The Morgan fingerprint density at radius 1 is 1.24 bits per heavy atom. The maximum absolute atomic E-state index is 4.79. The highest BCUT2D eigenvalue weighted by molar-refractivity contribution is 5.94. The molecule has 0 fully saturated rings. The summed E-state index contributed by atoms with van der Waals surface area (Å²) in [5, 5.41) is 10.0. The van der Waals surface area contributed by atoms with Crippen molar-refractivity contribution >= 4 is 11.8 Å². The van der Waals surface area contributed by atoms with Gasteiger partial charge in [-0.2, -0.15) is 0 Å². The number of guanidine groups is 1. The van der Waals surface area contributed by atoms with E-state index in [0.717, 1.165) is 25.8 Å². The van der Waals surface area contributed by atoms with Crippen LogP contribution in [-0.2, 0) is 0 Å². The summed E-state index contributed by atoms with van der Waals surface area (Å²) in [6, 6.07) is 0. The summed E-state index contributed by atoms with van der Waals surface area (Å²) in [6.07, 6.45) is 10.2. The fourth-order valence-corrected chi connectivity index (χ4v) is 2.39. The van der Waals surface area contributed by atoms with E-state index in [1.54, 1.807) is 18.6 Å². The van der Waals surface area contributed by atoms with Gasteiger partial charge in [0, 0.05) is 18.1 Å². The summed E-state index contributed by atoms with van der Waals surface area (Å²) in [5.41, 5.74) is 0.830. The Bertz CT molecular complexity index is 510. The lowest BCUT2D eigenvalue weighted by atomic mass is 10.0. The lowest BCUT2D eigenvalue weighted by Gasteiger charge is -2.33. The Kier molecular flexibility index (Phi) is 5.27. The molecule has 0 saturated carbocycles. The molecule has 0 bridgehead atoms. The van der Waals surface area contributed by atoms with Crippen LogP contribution in [0.4, 0.5) is 5.82 Å². The Morgan fingerprint density at radius 3 is 2.71 bits per heavy atom. The van der Waals surface area contributed by atoms with Crippen molar-refractivity contribution in [3.05, 3.63) is 30.4 Å². The normalized spacial score (nSPS) is 21.3. The quantitative estimate of drug-likeness (QED) is 0.748. The van der Waals surface area contributed by atoms with Gasteiger partial charge in [0.25, 0.3) is 0 Å². The second-order valence-electron chi connectivity index (χ2n) is 5.03. The summed E-state index contributed by atoms with van der Waals surface area (Å²) in [4.78, 5) is 13.1. The number of anilines is 1. The molecule has 0 spiro atoms. The van der Waals surface area contributed by atoms with Gasteiger partial charge >= 0.3 is 0 Å². The molecular weight excluding hydrogens is 264 g/mol. The van der Waals surface area contributed by atoms with Crippen LogP contribution in [0.3, 0.4) is 0 Å². The summed E-state index contributed by atoms with van der Waals surface area (Å²) < 4.78 is 0. The molecule has 0 saturated heterocycles. The molecule has 0 aromatic carbocycles. The first-order chi connectivity index (χ1) is 10.2. The third-order valence-electron chi connectivity index (χ3n) is 3.35. The Labute approximate surface area is 126 Å². The van der Waals surface area contributed by atoms with Crippen molar-refractivity contribution in [2.75, 3.05) is 11.9 Å². The van der Waals surface area contributed by atoms with Crippen molar-refractivity contribution in [2.45, 2.75) is 45.7 Å². The third kappa shape index (κ3) is 4.01. The van der Waals surface area contributed by atoms with E-state index in [1.165, 1.54) is 5.70 Å². The molecule has 21 heavy (non-hydrogen) atoms. The van der Waals surface area contributed by atoms with Crippen LogP contribution < -0.4 is 16.0 Å². The first-order valence-corrected chi connectivity index (χ1v) is 7.58. The molecule has 0 radical (unpaired) electrons. The first kappa shape index (κ1) is 15.4. The number of hydrogen-bond donors (Lipinski definition) is 3. The number of likely N-dealkylation sites (N-methyl/N-ethyl adjacent to an activating group) is 1. The smallest absolute Gasteiger partial charge is 0.203 e.